The summed E-state index contributed by atoms with van der Waals surface area (Å²) in [7, 11) is -3.92. The van der Waals surface area contributed by atoms with Crippen molar-refractivity contribution in [2.75, 3.05) is 4.90 Å². The average Bonchev–Trinajstić information content (AvgIpc) is 3.42. The van der Waals surface area contributed by atoms with Crippen molar-refractivity contribution in [1.82, 2.24) is 9.29 Å². The molecule has 0 bridgehead atoms. The number of aryl methyl sites for hydroxylation is 1. The third-order valence-electron chi connectivity index (χ3n) is 6.69. The van der Waals surface area contributed by atoms with Gasteiger partial charge in [0.1, 0.15) is 5.54 Å². The van der Waals surface area contributed by atoms with E-state index in [1.165, 1.54) is 49.5 Å². The predicted octanol–water partition coefficient (Wildman–Crippen LogP) is 5.05. The number of carbonyl (C=O) groups is 2. The molecular formula is C27H19F3N4O4S. The van der Waals surface area contributed by atoms with Crippen molar-refractivity contribution >= 4 is 38.6 Å². The number of hydrogen-bond acceptors (Lipinski definition) is 5. The lowest BCUT2D eigenvalue weighted by Gasteiger charge is -2.23. The Kier molecular flexibility index (Phi) is 5.80. The number of nitriles is 1. The predicted molar refractivity (Wildman–Crippen MR) is 135 cm³/mol. The molecule has 8 nitrogen and oxygen atoms in total. The molecule has 1 unspecified atom stereocenters. The van der Waals surface area contributed by atoms with Crippen LogP contribution in [0.2, 0.25) is 0 Å². The number of nitrogens with zero attached hydrogens (tertiary/aromatic N) is 3. The summed E-state index contributed by atoms with van der Waals surface area (Å²) in [6.45, 7) is 3.24. The van der Waals surface area contributed by atoms with Crippen LogP contribution in [0.3, 0.4) is 0 Å². The Hall–Kier alpha value is -4.63. The standard InChI is InChI=1S/C27H19F3N4O4S/c1-16-3-8-21(9-4-16)39(37,38)33-12-11-17-13-19(6-10-23(17)33)26(2)24(35)34(25(36)32-26)20-7-5-18(15-31)22(14-20)27(28,29)30/h3-14H,1-2H3,(H,32,36). The van der Waals surface area contributed by atoms with Crippen molar-refractivity contribution in [2.45, 2.75) is 30.5 Å². The normalized spacial score (nSPS) is 17.9. The Balaban J connectivity index is 1.53. The molecular weight excluding hydrogens is 533 g/mol. The van der Waals surface area contributed by atoms with Crippen molar-refractivity contribution in [3.8, 4) is 6.07 Å². The quantitative estimate of drug-likeness (QED) is 0.356. The van der Waals surface area contributed by atoms with E-state index >= 15 is 0 Å². The summed E-state index contributed by atoms with van der Waals surface area (Å²) >= 11 is 0. The second kappa shape index (κ2) is 8.71. The number of imide groups is 1. The molecule has 1 aliphatic rings. The van der Waals surface area contributed by atoms with Crippen molar-refractivity contribution in [2.24, 2.45) is 0 Å². The molecule has 1 aromatic heterocycles. The molecule has 0 radical (unpaired) electrons. The first-order valence-electron chi connectivity index (χ1n) is 11.5. The van der Waals surface area contributed by atoms with E-state index < -0.39 is 44.8 Å². The number of urea groups is 1. The van der Waals surface area contributed by atoms with Gasteiger partial charge in [-0.2, -0.15) is 18.4 Å². The number of benzene rings is 3. The van der Waals surface area contributed by atoms with Gasteiger partial charge in [-0.05, 0) is 67.9 Å². The van der Waals surface area contributed by atoms with Crippen LogP contribution < -0.4 is 10.2 Å². The second-order valence-corrected chi connectivity index (χ2v) is 11.1. The highest BCUT2D eigenvalue weighted by molar-refractivity contribution is 7.90. The maximum Gasteiger partial charge on any atom is 0.417 e. The minimum absolute atomic E-state index is 0.0937. The van der Waals surface area contributed by atoms with Gasteiger partial charge in [-0.3, -0.25) is 4.79 Å². The van der Waals surface area contributed by atoms with Crippen molar-refractivity contribution < 1.29 is 31.2 Å². The van der Waals surface area contributed by atoms with Gasteiger partial charge in [-0.1, -0.05) is 23.8 Å². The van der Waals surface area contributed by atoms with Crippen LogP contribution in [0.1, 0.15) is 29.2 Å². The smallest absolute Gasteiger partial charge is 0.319 e. The van der Waals surface area contributed by atoms with Crippen molar-refractivity contribution in [1.29, 1.82) is 5.26 Å². The van der Waals surface area contributed by atoms with Crippen LogP contribution in [0.5, 0.6) is 0 Å². The minimum atomic E-state index is -4.87. The maximum atomic E-state index is 13.5. The number of nitrogens with one attached hydrogen (secondary N) is 1. The van der Waals surface area contributed by atoms with E-state index in [4.69, 9.17) is 5.26 Å². The molecule has 0 spiro atoms. The van der Waals surface area contributed by atoms with Crippen molar-refractivity contribution in [3.05, 3.63) is 95.2 Å². The molecule has 39 heavy (non-hydrogen) atoms. The van der Waals surface area contributed by atoms with Crippen LogP contribution in [0.4, 0.5) is 23.7 Å². The maximum absolute atomic E-state index is 13.5. The molecule has 1 fully saturated rings. The molecule has 0 aliphatic carbocycles. The molecule has 1 atom stereocenters. The fraction of sp³-hybridized carbons (Fsp3) is 0.148. The number of rotatable bonds is 4. The Labute approximate surface area is 220 Å². The summed E-state index contributed by atoms with van der Waals surface area (Å²) in [4.78, 5) is 27.0. The van der Waals surface area contributed by atoms with Gasteiger partial charge in [0.15, 0.2) is 0 Å². The molecule has 1 N–H and O–H groups in total. The number of alkyl halides is 3. The van der Waals surface area contributed by atoms with Gasteiger partial charge in [-0.15, -0.1) is 0 Å². The lowest BCUT2D eigenvalue weighted by molar-refractivity contribution is -0.137. The van der Waals surface area contributed by atoms with E-state index in [-0.39, 0.29) is 10.6 Å². The first kappa shape index (κ1) is 26.0. The number of carbonyl (C=O) groups excluding carboxylic acids is 2. The van der Waals surface area contributed by atoms with Crippen LogP contribution in [0, 0.1) is 18.3 Å². The van der Waals surface area contributed by atoms with Gasteiger partial charge in [-0.25, -0.2) is 22.1 Å². The summed E-state index contributed by atoms with van der Waals surface area (Å²) in [5, 5.41) is 12.0. The fourth-order valence-electron chi connectivity index (χ4n) is 4.53. The summed E-state index contributed by atoms with van der Waals surface area (Å²) in [5.41, 5.74) is -2.38. The lowest BCUT2D eigenvalue weighted by atomic mass is 9.91. The molecule has 2 heterocycles. The van der Waals surface area contributed by atoms with Crippen LogP contribution in [0.15, 0.2) is 77.8 Å². The van der Waals surface area contributed by atoms with E-state index in [1.807, 2.05) is 6.92 Å². The molecule has 12 heteroatoms. The van der Waals surface area contributed by atoms with E-state index in [0.717, 1.165) is 21.7 Å². The number of halogens is 3. The number of hydrogen-bond donors (Lipinski definition) is 1. The largest absolute Gasteiger partial charge is 0.417 e. The first-order chi connectivity index (χ1) is 18.3. The van der Waals surface area contributed by atoms with Crippen LogP contribution in [0.25, 0.3) is 10.9 Å². The highest BCUT2D eigenvalue weighted by Crippen LogP contribution is 2.38. The molecule has 0 saturated carbocycles. The molecule has 5 rings (SSSR count). The average molecular weight is 553 g/mol. The number of anilines is 1. The van der Waals surface area contributed by atoms with E-state index in [1.54, 1.807) is 18.2 Å². The van der Waals surface area contributed by atoms with Crippen LogP contribution in [-0.4, -0.2) is 24.3 Å². The zero-order valence-electron chi connectivity index (χ0n) is 20.4. The monoisotopic (exact) mass is 552 g/mol. The van der Waals surface area contributed by atoms with Gasteiger partial charge in [0.05, 0.1) is 33.3 Å². The van der Waals surface area contributed by atoms with Crippen LogP contribution >= 0.6 is 0 Å². The molecule has 4 aromatic rings. The Bertz CT molecular complexity index is 1820. The molecule has 1 aliphatic heterocycles. The number of aromatic nitrogens is 1. The highest BCUT2D eigenvalue weighted by Gasteiger charge is 2.50. The van der Waals surface area contributed by atoms with Gasteiger partial charge >= 0.3 is 12.2 Å². The van der Waals surface area contributed by atoms with Gasteiger partial charge in [0.25, 0.3) is 15.9 Å². The second-order valence-electron chi connectivity index (χ2n) is 9.24. The van der Waals surface area contributed by atoms with Gasteiger partial charge in [0, 0.05) is 11.6 Å². The number of amides is 3. The van der Waals surface area contributed by atoms with Crippen molar-refractivity contribution in [3.63, 3.8) is 0 Å². The minimum Gasteiger partial charge on any atom is -0.319 e. The Morgan fingerprint density at radius 1 is 0.974 bits per heavy atom. The first-order valence-corrected chi connectivity index (χ1v) is 12.9. The van der Waals surface area contributed by atoms with E-state index in [0.29, 0.717) is 27.4 Å². The van der Waals surface area contributed by atoms with Crippen LogP contribution in [-0.2, 0) is 26.5 Å². The topological polar surface area (TPSA) is 112 Å². The molecule has 1 saturated heterocycles. The zero-order chi connectivity index (χ0) is 28.3. The summed E-state index contributed by atoms with van der Waals surface area (Å²) in [6.07, 6.45) is -3.50. The highest BCUT2D eigenvalue weighted by atomic mass is 32.2. The van der Waals surface area contributed by atoms with Gasteiger partial charge in [0.2, 0.25) is 0 Å². The summed E-state index contributed by atoms with van der Waals surface area (Å²) in [6, 6.07) is 15.5. The molecule has 198 valence electrons. The third-order valence-corrected chi connectivity index (χ3v) is 8.39. The molecule has 3 aromatic carbocycles. The SMILES string of the molecule is Cc1ccc(S(=O)(=O)n2ccc3cc(C4(C)NC(=O)N(c5ccc(C#N)c(C(F)(F)F)c5)C4=O)ccc32)cc1. The van der Waals surface area contributed by atoms with E-state index in [9.17, 15) is 31.2 Å². The summed E-state index contributed by atoms with van der Waals surface area (Å²) in [5.74, 6) is -0.837. The van der Waals surface area contributed by atoms with Gasteiger partial charge < -0.3 is 5.32 Å². The molecule has 3 amide bonds. The van der Waals surface area contributed by atoms with E-state index in [2.05, 4.69) is 5.32 Å². The number of fused-ring (bicyclic) bond motifs is 1. The Morgan fingerprint density at radius 2 is 1.67 bits per heavy atom. The summed E-state index contributed by atoms with van der Waals surface area (Å²) < 4.78 is 67.9. The Morgan fingerprint density at radius 3 is 2.31 bits per heavy atom. The zero-order valence-corrected chi connectivity index (χ0v) is 21.3. The fourth-order valence-corrected chi connectivity index (χ4v) is 5.89. The third kappa shape index (κ3) is 4.11. The lowest BCUT2D eigenvalue weighted by Crippen LogP contribution is -2.41.